The van der Waals surface area contributed by atoms with E-state index in [1.54, 1.807) is 19.1 Å². The van der Waals surface area contributed by atoms with E-state index < -0.39 is 16.8 Å². The summed E-state index contributed by atoms with van der Waals surface area (Å²) in [7, 11) is 0. The minimum atomic E-state index is -0.755. The molecule has 6 nitrogen and oxygen atoms in total. The molecule has 0 N–H and O–H groups in total. The van der Waals surface area contributed by atoms with E-state index >= 15 is 0 Å². The van der Waals surface area contributed by atoms with Crippen LogP contribution in [0.1, 0.15) is 18.7 Å². The first-order valence-corrected chi connectivity index (χ1v) is 5.50. The molecule has 0 saturated carbocycles. The fourth-order valence-electron chi connectivity index (χ4n) is 1.13. The summed E-state index contributed by atoms with van der Waals surface area (Å²) in [6.07, 6.45) is 1.44. The van der Waals surface area contributed by atoms with Gasteiger partial charge >= 0.3 is 5.97 Å². The number of furan rings is 1. The highest BCUT2D eigenvalue weighted by molar-refractivity contribution is 9.10. The molecule has 0 aliphatic carbocycles. The molecule has 0 radical (unpaired) electrons. The summed E-state index contributed by atoms with van der Waals surface area (Å²) in [6, 6.07) is 2.53. The highest BCUT2D eigenvalue weighted by atomic mass is 79.9. The predicted octanol–water partition coefficient (Wildman–Crippen LogP) is 2.96. The summed E-state index contributed by atoms with van der Waals surface area (Å²) in [5.74, 6) is -0.0796. The number of hydrogen-bond acceptors (Lipinski definition) is 4. The topological polar surface area (TPSA) is 88.2 Å². The van der Waals surface area contributed by atoms with Crippen LogP contribution in [0.3, 0.4) is 0 Å². The Morgan fingerprint density at radius 2 is 2.56 bits per heavy atom. The van der Waals surface area contributed by atoms with Crippen LogP contribution in [0.2, 0.25) is 0 Å². The number of rotatable bonds is 5. The fraction of sp³-hybridized carbons (Fsp3) is 0.444. The van der Waals surface area contributed by atoms with E-state index in [0.717, 1.165) is 0 Å². The van der Waals surface area contributed by atoms with Crippen molar-refractivity contribution in [3.63, 3.8) is 0 Å². The SMILES string of the molecule is CCOC(=O)C(Br)C(N=[N+]=[N-])c1ccco1. The van der Waals surface area contributed by atoms with Gasteiger partial charge in [0.1, 0.15) is 16.6 Å². The summed E-state index contributed by atoms with van der Waals surface area (Å²) >= 11 is 3.13. The smallest absolute Gasteiger partial charge is 0.320 e. The molecule has 7 heteroatoms. The highest BCUT2D eigenvalue weighted by Crippen LogP contribution is 2.28. The predicted molar refractivity (Wildman–Crippen MR) is 59.9 cm³/mol. The summed E-state index contributed by atoms with van der Waals surface area (Å²) < 4.78 is 9.91. The van der Waals surface area contributed by atoms with E-state index in [9.17, 15) is 4.79 Å². The first-order valence-electron chi connectivity index (χ1n) is 4.59. The van der Waals surface area contributed by atoms with E-state index in [-0.39, 0.29) is 6.61 Å². The number of halogens is 1. The van der Waals surface area contributed by atoms with Gasteiger partial charge in [0, 0.05) is 4.91 Å². The van der Waals surface area contributed by atoms with Crippen LogP contribution >= 0.6 is 15.9 Å². The lowest BCUT2D eigenvalue weighted by atomic mass is 10.2. The van der Waals surface area contributed by atoms with E-state index in [1.165, 1.54) is 6.26 Å². The van der Waals surface area contributed by atoms with Crippen molar-refractivity contribution in [2.24, 2.45) is 5.11 Å². The zero-order valence-corrected chi connectivity index (χ0v) is 10.1. The zero-order valence-electron chi connectivity index (χ0n) is 8.54. The van der Waals surface area contributed by atoms with Crippen molar-refractivity contribution in [1.82, 2.24) is 0 Å². The van der Waals surface area contributed by atoms with Crippen LogP contribution in [-0.2, 0) is 9.53 Å². The van der Waals surface area contributed by atoms with Gasteiger partial charge in [-0.3, -0.25) is 4.79 Å². The average Bonchev–Trinajstić information content (AvgIpc) is 2.78. The molecule has 0 saturated heterocycles. The van der Waals surface area contributed by atoms with E-state index in [1.807, 2.05) is 0 Å². The molecule has 1 rings (SSSR count). The van der Waals surface area contributed by atoms with E-state index in [0.29, 0.717) is 5.76 Å². The monoisotopic (exact) mass is 287 g/mol. The van der Waals surface area contributed by atoms with Gasteiger partial charge in [-0.1, -0.05) is 21.0 Å². The van der Waals surface area contributed by atoms with Crippen LogP contribution in [0.5, 0.6) is 0 Å². The Labute approximate surface area is 100 Å². The molecular formula is C9H10BrN3O3. The largest absolute Gasteiger partial charge is 0.469 e. The Morgan fingerprint density at radius 1 is 1.81 bits per heavy atom. The first-order chi connectivity index (χ1) is 7.70. The molecule has 1 aromatic rings. The number of esters is 1. The average molecular weight is 288 g/mol. The Bertz CT molecular complexity index is 387. The molecule has 1 heterocycles. The third-order valence-electron chi connectivity index (χ3n) is 1.80. The summed E-state index contributed by atoms with van der Waals surface area (Å²) in [5.41, 5.74) is 8.44. The Hall–Kier alpha value is -1.46. The van der Waals surface area contributed by atoms with Crippen molar-refractivity contribution >= 4 is 21.9 Å². The van der Waals surface area contributed by atoms with E-state index in [2.05, 4.69) is 26.0 Å². The third kappa shape index (κ3) is 3.01. The van der Waals surface area contributed by atoms with Gasteiger partial charge in [-0.25, -0.2) is 0 Å². The molecule has 1 aromatic heterocycles. The Kier molecular flexibility index (Phi) is 4.88. The van der Waals surface area contributed by atoms with Crippen LogP contribution in [-0.4, -0.2) is 17.4 Å². The van der Waals surface area contributed by atoms with Gasteiger partial charge in [-0.05, 0) is 24.6 Å². The Morgan fingerprint density at radius 3 is 3.06 bits per heavy atom. The molecule has 0 aromatic carbocycles. The van der Waals surface area contributed by atoms with Gasteiger partial charge in [0.25, 0.3) is 0 Å². The highest BCUT2D eigenvalue weighted by Gasteiger charge is 2.29. The second kappa shape index (κ2) is 6.19. The molecule has 0 spiro atoms. The maximum atomic E-state index is 11.5. The number of azide groups is 1. The van der Waals surface area contributed by atoms with Gasteiger partial charge in [0.15, 0.2) is 0 Å². The minimum absolute atomic E-state index is 0.266. The van der Waals surface area contributed by atoms with Gasteiger partial charge in [0.2, 0.25) is 0 Å². The molecule has 0 bridgehead atoms. The maximum absolute atomic E-state index is 11.5. The Balaban J connectivity index is 2.86. The number of hydrogen-bond donors (Lipinski definition) is 0. The number of nitrogens with zero attached hydrogens (tertiary/aromatic N) is 3. The standard InChI is InChI=1S/C9H10BrN3O3/c1-2-15-9(14)7(10)8(12-13-11)6-4-3-5-16-6/h3-5,7-8H,2H2,1H3. The minimum Gasteiger partial charge on any atom is -0.469 e. The molecule has 2 atom stereocenters. The molecular weight excluding hydrogens is 278 g/mol. The van der Waals surface area contributed by atoms with Crippen molar-refractivity contribution in [2.75, 3.05) is 6.61 Å². The van der Waals surface area contributed by atoms with Crippen molar-refractivity contribution in [2.45, 2.75) is 17.8 Å². The number of carbonyl (C=O) groups is 1. The lowest BCUT2D eigenvalue weighted by molar-refractivity contribution is -0.142. The van der Waals surface area contributed by atoms with Crippen LogP contribution < -0.4 is 0 Å². The summed E-state index contributed by atoms with van der Waals surface area (Å²) in [4.78, 5) is 13.4. The van der Waals surface area contributed by atoms with Crippen LogP contribution in [0, 0.1) is 0 Å². The van der Waals surface area contributed by atoms with Gasteiger partial charge in [-0.15, -0.1) is 0 Å². The fourth-order valence-corrected chi connectivity index (χ4v) is 1.62. The van der Waals surface area contributed by atoms with Gasteiger partial charge in [-0.2, -0.15) is 0 Å². The van der Waals surface area contributed by atoms with Gasteiger partial charge in [0.05, 0.1) is 12.9 Å². The number of alkyl halides is 1. The summed E-state index contributed by atoms with van der Waals surface area (Å²) in [5, 5.41) is 3.51. The van der Waals surface area contributed by atoms with Crippen molar-refractivity contribution in [3.05, 3.63) is 34.6 Å². The van der Waals surface area contributed by atoms with Crippen LogP contribution in [0.15, 0.2) is 27.9 Å². The second-order valence-electron chi connectivity index (χ2n) is 2.82. The summed E-state index contributed by atoms with van der Waals surface area (Å²) in [6.45, 7) is 1.97. The molecule has 86 valence electrons. The number of ether oxygens (including phenoxy) is 1. The first kappa shape index (κ1) is 12.6. The third-order valence-corrected chi connectivity index (χ3v) is 2.67. The second-order valence-corrected chi connectivity index (χ2v) is 3.81. The normalized spacial score (nSPS) is 13.6. The van der Waals surface area contributed by atoms with E-state index in [4.69, 9.17) is 14.7 Å². The quantitative estimate of drug-likeness (QED) is 0.274. The van der Waals surface area contributed by atoms with Crippen molar-refractivity contribution < 1.29 is 13.9 Å². The molecule has 16 heavy (non-hydrogen) atoms. The molecule has 2 unspecified atom stereocenters. The van der Waals surface area contributed by atoms with Crippen molar-refractivity contribution in [1.29, 1.82) is 0 Å². The zero-order chi connectivity index (χ0) is 12.0. The molecule has 0 fully saturated rings. The lowest BCUT2D eigenvalue weighted by Crippen LogP contribution is -2.23. The molecule has 0 aliphatic rings. The van der Waals surface area contributed by atoms with Crippen LogP contribution in [0.4, 0.5) is 0 Å². The molecule has 0 aliphatic heterocycles. The van der Waals surface area contributed by atoms with Gasteiger partial charge < -0.3 is 9.15 Å². The molecule has 0 amide bonds. The number of carbonyl (C=O) groups excluding carboxylic acids is 1. The lowest BCUT2D eigenvalue weighted by Gasteiger charge is -2.14. The van der Waals surface area contributed by atoms with Crippen molar-refractivity contribution in [3.8, 4) is 0 Å². The van der Waals surface area contributed by atoms with Crippen LogP contribution in [0.25, 0.3) is 10.4 Å². The maximum Gasteiger partial charge on any atom is 0.320 e.